The molecule has 1 aromatic carbocycles. The van der Waals surface area contributed by atoms with Gasteiger partial charge >= 0.3 is 0 Å². The van der Waals surface area contributed by atoms with E-state index in [4.69, 9.17) is 4.74 Å². The molecule has 5 heteroatoms. The molecule has 1 heterocycles. The van der Waals surface area contributed by atoms with E-state index in [0.29, 0.717) is 6.54 Å². The van der Waals surface area contributed by atoms with Crippen molar-refractivity contribution in [3.8, 4) is 5.75 Å². The third-order valence-electron chi connectivity index (χ3n) is 2.82. The zero-order valence-corrected chi connectivity index (χ0v) is 11.4. The highest BCUT2D eigenvalue weighted by Crippen LogP contribution is 2.30. The molecule has 0 amide bonds. The Morgan fingerprint density at radius 1 is 1.26 bits per heavy atom. The molecule has 2 rings (SSSR count). The topological polar surface area (TPSA) is 50.3 Å². The Hall–Kier alpha value is -2.14. The molecule has 0 fully saturated rings. The summed E-state index contributed by atoms with van der Waals surface area (Å²) in [6, 6.07) is 7.83. The summed E-state index contributed by atoms with van der Waals surface area (Å²) in [4.78, 5) is 10.7. The molecule has 0 unspecified atom stereocenters. The van der Waals surface area contributed by atoms with Gasteiger partial charge in [-0.3, -0.25) is 4.98 Å². The third kappa shape index (κ3) is 3.00. The predicted molar refractivity (Wildman–Crippen MR) is 75.9 cm³/mol. The van der Waals surface area contributed by atoms with Crippen molar-refractivity contribution in [1.29, 1.82) is 0 Å². The van der Waals surface area contributed by atoms with Crippen LogP contribution in [0.1, 0.15) is 5.69 Å². The molecule has 0 aliphatic heterocycles. The van der Waals surface area contributed by atoms with E-state index in [1.165, 1.54) is 0 Å². The molecule has 0 bridgehead atoms. The Labute approximate surface area is 113 Å². The van der Waals surface area contributed by atoms with Crippen molar-refractivity contribution in [3.63, 3.8) is 0 Å². The lowest BCUT2D eigenvalue weighted by Crippen LogP contribution is -2.15. The first-order chi connectivity index (χ1) is 9.26. The summed E-state index contributed by atoms with van der Waals surface area (Å²) in [7, 11) is 5.50. The first-order valence-corrected chi connectivity index (χ1v) is 6.08. The Bertz CT molecular complexity index is 544. The average Bonchev–Trinajstić information content (AvgIpc) is 2.47. The molecule has 5 nitrogen and oxygen atoms in total. The van der Waals surface area contributed by atoms with Gasteiger partial charge in [0.15, 0.2) is 5.82 Å². The van der Waals surface area contributed by atoms with Crippen molar-refractivity contribution >= 4 is 11.5 Å². The maximum atomic E-state index is 5.36. The fourth-order valence-electron chi connectivity index (χ4n) is 1.85. The number of hydrogen-bond donors (Lipinski definition) is 1. The highest BCUT2D eigenvalue weighted by Gasteiger charge is 2.11. The minimum Gasteiger partial charge on any atom is -0.495 e. The van der Waals surface area contributed by atoms with Gasteiger partial charge in [0, 0.05) is 19.8 Å². The number of nitrogens with zero attached hydrogens (tertiary/aromatic N) is 3. The monoisotopic (exact) mass is 258 g/mol. The molecule has 1 N–H and O–H groups in total. The standard InChI is InChI=1S/C14H18N4O/c1-15-8-11-9-16-10-14(17-11)18(2)12-6-4-5-7-13(12)19-3/h4-7,9-10,15H,8H2,1-3H3. The van der Waals surface area contributed by atoms with E-state index >= 15 is 0 Å². The quantitative estimate of drug-likeness (QED) is 0.888. The van der Waals surface area contributed by atoms with Gasteiger partial charge < -0.3 is 15.0 Å². The lowest BCUT2D eigenvalue weighted by Gasteiger charge is -2.20. The van der Waals surface area contributed by atoms with Gasteiger partial charge in [0.05, 0.1) is 24.7 Å². The fourth-order valence-corrected chi connectivity index (χ4v) is 1.85. The van der Waals surface area contributed by atoms with Gasteiger partial charge in [-0.05, 0) is 19.2 Å². The molecule has 0 aliphatic rings. The van der Waals surface area contributed by atoms with E-state index in [1.807, 2.05) is 43.3 Å². The summed E-state index contributed by atoms with van der Waals surface area (Å²) in [5, 5.41) is 3.07. The first kappa shape index (κ1) is 13.3. The molecule has 2 aromatic rings. The zero-order valence-electron chi connectivity index (χ0n) is 11.4. The highest BCUT2D eigenvalue weighted by molar-refractivity contribution is 5.65. The molecule has 0 atom stereocenters. The summed E-state index contributed by atoms with van der Waals surface area (Å²) in [5.41, 5.74) is 1.86. The summed E-state index contributed by atoms with van der Waals surface area (Å²) in [6.07, 6.45) is 3.50. The molecular formula is C14H18N4O. The van der Waals surface area contributed by atoms with E-state index in [-0.39, 0.29) is 0 Å². The van der Waals surface area contributed by atoms with Crippen LogP contribution in [0, 0.1) is 0 Å². The second kappa shape index (κ2) is 6.15. The largest absolute Gasteiger partial charge is 0.495 e. The number of benzene rings is 1. The van der Waals surface area contributed by atoms with Crippen LogP contribution in [0.2, 0.25) is 0 Å². The molecule has 0 saturated carbocycles. The number of hydrogen-bond acceptors (Lipinski definition) is 5. The van der Waals surface area contributed by atoms with Crippen molar-refractivity contribution in [2.75, 3.05) is 26.1 Å². The summed E-state index contributed by atoms with van der Waals surface area (Å²) < 4.78 is 5.36. The Balaban J connectivity index is 2.32. The average molecular weight is 258 g/mol. The van der Waals surface area contributed by atoms with Gasteiger partial charge in [0.1, 0.15) is 5.75 Å². The van der Waals surface area contributed by atoms with Gasteiger partial charge in [-0.25, -0.2) is 4.98 Å². The molecule has 0 saturated heterocycles. The van der Waals surface area contributed by atoms with Gasteiger partial charge in [-0.1, -0.05) is 12.1 Å². The summed E-state index contributed by atoms with van der Waals surface area (Å²) >= 11 is 0. The Morgan fingerprint density at radius 2 is 2.05 bits per heavy atom. The number of ether oxygens (including phenoxy) is 1. The number of nitrogens with one attached hydrogen (secondary N) is 1. The van der Waals surface area contributed by atoms with Gasteiger partial charge in [0.25, 0.3) is 0 Å². The van der Waals surface area contributed by atoms with Crippen LogP contribution in [0.5, 0.6) is 5.75 Å². The fraction of sp³-hybridized carbons (Fsp3) is 0.286. The van der Waals surface area contributed by atoms with Crippen molar-refractivity contribution in [3.05, 3.63) is 42.4 Å². The smallest absolute Gasteiger partial charge is 0.151 e. The maximum absolute atomic E-state index is 5.36. The second-order valence-corrected chi connectivity index (χ2v) is 4.13. The van der Waals surface area contributed by atoms with Gasteiger partial charge in [-0.15, -0.1) is 0 Å². The third-order valence-corrected chi connectivity index (χ3v) is 2.82. The van der Waals surface area contributed by atoms with Crippen molar-refractivity contribution in [2.24, 2.45) is 0 Å². The zero-order chi connectivity index (χ0) is 13.7. The van der Waals surface area contributed by atoms with E-state index in [9.17, 15) is 0 Å². The molecule has 0 radical (unpaired) electrons. The van der Waals surface area contributed by atoms with E-state index in [1.54, 1.807) is 19.5 Å². The summed E-state index contributed by atoms with van der Waals surface area (Å²) in [5.74, 6) is 1.60. The van der Waals surface area contributed by atoms with Crippen LogP contribution in [0.4, 0.5) is 11.5 Å². The Kier molecular flexibility index (Phi) is 4.30. The van der Waals surface area contributed by atoms with Crippen LogP contribution in [0.25, 0.3) is 0 Å². The number of aromatic nitrogens is 2. The normalized spacial score (nSPS) is 10.3. The number of anilines is 2. The highest BCUT2D eigenvalue weighted by atomic mass is 16.5. The van der Waals surface area contributed by atoms with Crippen molar-refractivity contribution in [2.45, 2.75) is 6.54 Å². The second-order valence-electron chi connectivity index (χ2n) is 4.13. The number of para-hydroxylation sites is 2. The van der Waals surface area contributed by atoms with Gasteiger partial charge in [0.2, 0.25) is 0 Å². The van der Waals surface area contributed by atoms with Gasteiger partial charge in [-0.2, -0.15) is 0 Å². The molecule has 0 aliphatic carbocycles. The van der Waals surface area contributed by atoms with Crippen LogP contribution in [-0.4, -0.2) is 31.2 Å². The van der Waals surface area contributed by atoms with Crippen LogP contribution < -0.4 is 15.0 Å². The molecule has 100 valence electrons. The first-order valence-electron chi connectivity index (χ1n) is 6.08. The number of rotatable bonds is 5. The minimum absolute atomic E-state index is 0.695. The predicted octanol–water partition coefficient (Wildman–Crippen LogP) is 1.97. The van der Waals surface area contributed by atoms with Crippen LogP contribution in [-0.2, 0) is 6.54 Å². The SMILES string of the molecule is CNCc1cncc(N(C)c2ccccc2OC)n1. The molecule has 1 aromatic heterocycles. The van der Waals surface area contributed by atoms with Crippen molar-refractivity contribution < 1.29 is 4.74 Å². The lowest BCUT2D eigenvalue weighted by molar-refractivity contribution is 0.415. The molecule has 0 spiro atoms. The van der Waals surface area contributed by atoms with E-state index < -0.39 is 0 Å². The molecule has 19 heavy (non-hydrogen) atoms. The molecular weight excluding hydrogens is 240 g/mol. The van der Waals surface area contributed by atoms with E-state index in [2.05, 4.69) is 15.3 Å². The van der Waals surface area contributed by atoms with E-state index in [0.717, 1.165) is 22.9 Å². The number of methoxy groups -OCH3 is 1. The lowest BCUT2D eigenvalue weighted by atomic mass is 10.2. The Morgan fingerprint density at radius 3 is 2.79 bits per heavy atom. The van der Waals surface area contributed by atoms with Crippen LogP contribution >= 0.6 is 0 Å². The summed E-state index contributed by atoms with van der Waals surface area (Å²) in [6.45, 7) is 0.695. The maximum Gasteiger partial charge on any atom is 0.151 e. The van der Waals surface area contributed by atoms with Crippen molar-refractivity contribution in [1.82, 2.24) is 15.3 Å². The van der Waals surface area contributed by atoms with Crippen LogP contribution in [0.15, 0.2) is 36.7 Å². The minimum atomic E-state index is 0.695. The van der Waals surface area contributed by atoms with Crippen LogP contribution in [0.3, 0.4) is 0 Å².